The molecule has 0 atom stereocenters. The van der Waals surface area contributed by atoms with Crippen LogP contribution in [-0.2, 0) is 7.05 Å². The summed E-state index contributed by atoms with van der Waals surface area (Å²) in [4.78, 5) is 26.0. The van der Waals surface area contributed by atoms with Gasteiger partial charge in [-0.05, 0) is 31.2 Å². The van der Waals surface area contributed by atoms with Crippen LogP contribution in [0.15, 0.2) is 35.1 Å². The van der Waals surface area contributed by atoms with Gasteiger partial charge in [0, 0.05) is 50.4 Å². The Kier molecular flexibility index (Phi) is 5.97. The summed E-state index contributed by atoms with van der Waals surface area (Å²) >= 11 is 11.9. The van der Waals surface area contributed by atoms with Crippen LogP contribution in [0.5, 0.6) is 5.75 Å². The lowest BCUT2D eigenvalue weighted by molar-refractivity contribution is 0.115. The zero-order chi connectivity index (χ0) is 19.6. The van der Waals surface area contributed by atoms with Crippen LogP contribution in [0.25, 0.3) is 0 Å². The fraction of sp³-hybridized carbons (Fsp3) is 0.368. The van der Waals surface area contributed by atoms with Crippen molar-refractivity contribution in [1.29, 1.82) is 0 Å². The average molecular weight is 410 g/mol. The fourth-order valence-corrected chi connectivity index (χ4v) is 3.25. The number of benzene rings is 1. The molecular weight excluding hydrogens is 389 g/mol. The first-order valence-electron chi connectivity index (χ1n) is 8.69. The topological polar surface area (TPSA) is 63.6 Å². The van der Waals surface area contributed by atoms with E-state index in [2.05, 4.69) is 5.32 Å². The van der Waals surface area contributed by atoms with Crippen molar-refractivity contribution in [3.8, 4) is 5.75 Å². The predicted molar refractivity (Wildman–Crippen MR) is 107 cm³/mol. The molecule has 1 N–H and O–H groups in total. The molecule has 1 aromatic carbocycles. The number of anilines is 1. The summed E-state index contributed by atoms with van der Waals surface area (Å²) in [5.74, 6) is 0.578. The number of aromatic nitrogens is 1. The maximum Gasteiger partial charge on any atom is 0.321 e. The zero-order valence-corrected chi connectivity index (χ0v) is 16.7. The van der Waals surface area contributed by atoms with E-state index in [0.29, 0.717) is 47.4 Å². The lowest BCUT2D eigenvalue weighted by Gasteiger charge is -2.32. The normalized spacial score (nSPS) is 14.9. The number of aryl methyl sites for hydroxylation is 1. The maximum atomic E-state index is 12.4. The molecule has 1 aliphatic heterocycles. The Morgan fingerprint density at radius 3 is 2.48 bits per heavy atom. The largest absolute Gasteiger partial charge is 0.490 e. The number of pyridine rings is 1. The molecule has 0 unspecified atom stereocenters. The Hall–Kier alpha value is -2.18. The maximum absolute atomic E-state index is 12.4. The van der Waals surface area contributed by atoms with Gasteiger partial charge < -0.3 is 19.5 Å². The van der Waals surface area contributed by atoms with Crippen LogP contribution in [0.4, 0.5) is 10.5 Å². The molecule has 0 bridgehead atoms. The Labute approximate surface area is 167 Å². The molecule has 2 heterocycles. The number of nitrogens with zero attached hydrogens (tertiary/aromatic N) is 2. The van der Waals surface area contributed by atoms with Crippen LogP contribution >= 0.6 is 23.2 Å². The molecule has 0 radical (unpaired) electrons. The minimum Gasteiger partial charge on any atom is -0.490 e. The molecule has 1 saturated heterocycles. The molecule has 2 aromatic rings. The van der Waals surface area contributed by atoms with E-state index in [1.54, 1.807) is 34.7 Å². The molecule has 27 heavy (non-hydrogen) atoms. The Balaban J connectivity index is 1.54. The van der Waals surface area contributed by atoms with E-state index in [1.807, 2.05) is 13.0 Å². The zero-order valence-electron chi connectivity index (χ0n) is 15.2. The number of hydrogen-bond acceptors (Lipinski definition) is 3. The van der Waals surface area contributed by atoms with Gasteiger partial charge in [-0.2, -0.15) is 0 Å². The molecule has 144 valence electrons. The smallest absolute Gasteiger partial charge is 0.321 e. The first-order chi connectivity index (χ1) is 12.8. The van der Waals surface area contributed by atoms with Gasteiger partial charge in [-0.1, -0.05) is 23.2 Å². The number of urea groups is 1. The molecule has 1 aromatic heterocycles. The number of halogens is 2. The van der Waals surface area contributed by atoms with Gasteiger partial charge in [0.15, 0.2) is 0 Å². The van der Waals surface area contributed by atoms with E-state index < -0.39 is 0 Å². The van der Waals surface area contributed by atoms with E-state index >= 15 is 0 Å². The molecule has 1 aliphatic rings. The van der Waals surface area contributed by atoms with Gasteiger partial charge in [0.05, 0.1) is 10.0 Å². The molecule has 3 rings (SSSR count). The Morgan fingerprint density at radius 2 is 1.85 bits per heavy atom. The highest BCUT2D eigenvalue weighted by Gasteiger charge is 2.24. The number of amides is 2. The summed E-state index contributed by atoms with van der Waals surface area (Å²) in [5, 5.41) is 3.66. The SMILES string of the molecule is Cc1cc(OC2CCN(C(=O)Nc3ccc(Cl)c(Cl)c3)CC2)cc(=O)n1C. The number of rotatable bonds is 3. The van der Waals surface area contributed by atoms with Gasteiger partial charge >= 0.3 is 6.03 Å². The highest BCUT2D eigenvalue weighted by molar-refractivity contribution is 6.42. The number of nitrogens with one attached hydrogen (secondary N) is 1. The number of ether oxygens (including phenoxy) is 1. The second-order valence-corrected chi connectivity index (χ2v) is 7.41. The molecule has 0 spiro atoms. The molecule has 6 nitrogen and oxygen atoms in total. The lowest BCUT2D eigenvalue weighted by atomic mass is 10.1. The third-order valence-electron chi connectivity index (χ3n) is 4.68. The van der Waals surface area contributed by atoms with Crippen molar-refractivity contribution in [1.82, 2.24) is 9.47 Å². The van der Waals surface area contributed by atoms with E-state index in [0.717, 1.165) is 5.69 Å². The van der Waals surface area contributed by atoms with Crippen molar-refractivity contribution in [3.05, 3.63) is 56.4 Å². The van der Waals surface area contributed by atoms with Crippen LogP contribution in [-0.4, -0.2) is 34.7 Å². The van der Waals surface area contributed by atoms with Crippen molar-refractivity contribution in [2.75, 3.05) is 18.4 Å². The van der Waals surface area contributed by atoms with Crippen LogP contribution in [0, 0.1) is 6.92 Å². The van der Waals surface area contributed by atoms with Crippen LogP contribution in [0.3, 0.4) is 0 Å². The van der Waals surface area contributed by atoms with Crippen LogP contribution in [0.2, 0.25) is 10.0 Å². The minimum atomic E-state index is -0.184. The Bertz CT molecular complexity index is 906. The summed E-state index contributed by atoms with van der Waals surface area (Å²) in [6, 6.07) is 8.14. The van der Waals surface area contributed by atoms with Crippen molar-refractivity contribution in [2.24, 2.45) is 7.05 Å². The summed E-state index contributed by atoms with van der Waals surface area (Å²) in [7, 11) is 1.73. The Morgan fingerprint density at radius 1 is 1.15 bits per heavy atom. The van der Waals surface area contributed by atoms with Gasteiger partial charge in [-0.3, -0.25) is 4.79 Å². The van der Waals surface area contributed by atoms with Crippen molar-refractivity contribution in [2.45, 2.75) is 25.9 Å². The molecule has 2 amide bonds. The van der Waals surface area contributed by atoms with Gasteiger partial charge in [0.1, 0.15) is 11.9 Å². The van der Waals surface area contributed by atoms with Crippen LogP contribution < -0.4 is 15.6 Å². The van der Waals surface area contributed by atoms with E-state index in [9.17, 15) is 9.59 Å². The standard InChI is InChI=1S/C19H21Cl2N3O3/c1-12-9-15(11-18(25)23(12)2)27-14-5-7-24(8-6-14)19(26)22-13-3-4-16(20)17(21)10-13/h3-4,9-11,14H,5-8H2,1-2H3,(H,22,26). The lowest BCUT2D eigenvalue weighted by Crippen LogP contribution is -2.43. The van der Waals surface area contributed by atoms with Gasteiger partial charge in [0.2, 0.25) is 0 Å². The van der Waals surface area contributed by atoms with Crippen LogP contribution in [0.1, 0.15) is 18.5 Å². The highest BCUT2D eigenvalue weighted by Crippen LogP contribution is 2.25. The molecule has 1 fully saturated rings. The second-order valence-electron chi connectivity index (χ2n) is 6.59. The number of piperidine rings is 1. The first kappa shape index (κ1) is 19.6. The number of carbonyl (C=O) groups excluding carboxylic acids is 1. The summed E-state index contributed by atoms with van der Waals surface area (Å²) in [6.45, 7) is 3.01. The second kappa shape index (κ2) is 8.23. The van der Waals surface area contributed by atoms with Crippen molar-refractivity contribution >= 4 is 34.9 Å². The molecule has 0 saturated carbocycles. The summed E-state index contributed by atoms with van der Waals surface area (Å²) in [6.07, 6.45) is 1.37. The highest BCUT2D eigenvalue weighted by atomic mass is 35.5. The third-order valence-corrected chi connectivity index (χ3v) is 5.42. The average Bonchev–Trinajstić information content (AvgIpc) is 2.63. The van der Waals surface area contributed by atoms with Gasteiger partial charge in [0.25, 0.3) is 5.56 Å². The van der Waals surface area contributed by atoms with Crippen molar-refractivity contribution in [3.63, 3.8) is 0 Å². The molecule has 8 heteroatoms. The minimum absolute atomic E-state index is 0.0227. The van der Waals surface area contributed by atoms with E-state index in [1.165, 1.54) is 6.07 Å². The first-order valence-corrected chi connectivity index (χ1v) is 9.44. The fourth-order valence-electron chi connectivity index (χ4n) is 2.95. The van der Waals surface area contributed by atoms with Gasteiger partial charge in [-0.15, -0.1) is 0 Å². The summed E-state index contributed by atoms with van der Waals surface area (Å²) < 4.78 is 7.52. The van der Waals surface area contributed by atoms with Gasteiger partial charge in [-0.25, -0.2) is 4.79 Å². The van der Waals surface area contributed by atoms with E-state index in [-0.39, 0.29) is 17.7 Å². The summed E-state index contributed by atoms with van der Waals surface area (Å²) in [5.41, 5.74) is 1.35. The quantitative estimate of drug-likeness (QED) is 0.830. The molecule has 0 aliphatic carbocycles. The van der Waals surface area contributed by atoms with E-state index in [4.69, 9.17) is 27.9 Å². The predicted octanol–water partition coefficient (Wildman–Crippen LogP) is 4.08. The third kappa shape index (κ3) is 4.76. The molecular formula is C19H21Cl2N3O3. The monoisotopic (exact) mass is 409 g/mol. The number of hydrogen-bond donors (Lipinski definition) is 1. The van der Waals surface area contributed by atoms with Crippen molar-refractivity contribution < 1.29 is 9.53 Å². The number of carbonyl (C=O) groups is 1. The number of likely N-dealkylation sites (tertiary alicyclic amines) is 1.